The van der Waals surface area contributed by atoms with Gasteiger partial charge in [0.05, 0.1) is 5.56 Å². The molecule has 0 aliphatic rings. The SMILES string of the molecule is Cc1ccc2nnc(-c3ccccc3F)n2c1. The third-order valence-electron chi connectivity index (χ3n) is 2.66. The van der Waals surface area contributed by atoms with Gasteiger partial charge in [0.2, 0.25) is 0 Å². The molecule has 1 aromatic carbocycles. The molecule has 2 aromatic heterocycles. The summed E-state index contributed by atoms with van der Waals surface area (Å²) in [5.74, 6) is 0.241. The van der Waals surface area contributed by atoms with Gasteiger partial charge in [-0.05, 0) is 30.7 Å². The number of benzene rings is 1. The molecule has 0 amide bonds. The number of aryl methyl sites for hydroxylation is 1. The predicted octanol–water partition coefficient (Wildman–Crippen LogP) is 2.84. The maximum absolute atomic E-state index is 13.7. The van der Waals surface area contributed by atoms with E-state index in [2.05, 4.69) is 10.2 Å². The van der Waals surface area contributed by atoms with Gasteiger partial charge in [-0.2, -0.15) is 0 Å². The highest BCUT2D eigenvalue weighted by molar-refractivity contribution is 5.60. The van der Waals surface area contributed by atoms with Crippen molar-refractivity contribution in [2.45, 2.75) is 6.92 Å². The summed E-state index contributed by atoms with van der Waals surface area (Å²) in [6.45, 7) is 1.98. The Balaban J connectivity index is 2.31. The van der Waals surface area contributed by atoms with Gasteiger partial charge < -0.3 is 0 Å². The molecule has 0 unspecified atom stereocenters. The van der Waals surface area contributed by atoms with Gasteiger partial charge in [0.1, 0.15) is 5.82 Å². The number of hydrogen-bond donors (Lipinski definition) is 0. The number of hydrogen-bond acceptors (Lipinski definition) is 2. The molecule has 0 atom stereocenters. The Bertz CT molecular complexity index is 688. The van der Waals surface area contributed by atoms with Crippen molar-refractivity contribution in [3.05, 3.63) is 54.0 Å². The average molecular weight is 227 g/mol. The minimum absolute atomic E-state index is 0.289. The quantitative estimate of drug-likeness (QED) is 0.640. The zero-order valence-electron chi connectivity index (χ0n) is 9.26. The van der Waals surface area contributed by atoms with Crippen LogP contribution >= 0.6 is 0 Å². The maximum Gasteiger partial charge on any atom is 0.171 e. The molecular weight excluding hydrogens is 217 g/mol. The Morgan fingerprint density at radius 1 is 1.06 bits per heavy atom. The molecule has 3 aromatic rings. The van der Waals surface area contributed by atoms with Crippen LogP contribution in [0.15, 0.2) is 42.6 Å². The second kappa shape index (κ2) is 3.66. The van der Waals surface area contributed by atoms with Crippen molar-refractivity contribution < 1.29 is 4.39 Å². The highest BCUT2D eigenvalue weighted by Crippen LogP contribution is 2.21. The molecule has 17 heavy (non-hydrogen) atoms. The van der Waals surface area contributed by atoms with Crippen molar-refractivity contribution in [1.29, 1.82) is 0 Å². The van der Waals surface area contributed by atoms with Gasteiger partial charge in [-0.3, -0.25) is 4.40 Å². The molecule has 0 N–H and O–H groups in total. The number of pyridine rings is 1. The Hall–Kier alpha value is -2.23. The first-order valence-corrected chi connectivity index (χ1v) is 5.32. The Morgan fingerprint density at radius 3 is 2.71 bits per heavy atom. The van der Waals surface area contributed by atoms with Gasteiger partial charge in [0.25, 0.3) is 0 Å². The molecule has 2 heterocycles. The first-order chi connectivity index (χ1) is 8.25. The fourth-order valence-corrected chi connectivity index (χ4v) is 1.82. The molecular formula is C13H10FN3. The van der Waals surface area contributed by atoms with Crippen LogP contribution in [-0.2, 0) is 0 Å². The molecule has 0 saturated carbocycles. The normalized spacial score (nSPS) is 10.9. The highest BCUT2D eigenvalue weighted by atomic mass is 19.1. The van der Waals surface area contributed by atoms with Crippen LogP contribution in [0.1, 0.15) is 5.56 Å². The second-order valence-electron chi connectivity index (χ2n) is 3.94. The largest absolute Gasteiger partial charge is 0.282 e. The van der Waals surface area contributed by atoms with Gasteiger partial charge >= 0.3 is 0 Å². The lowest BCUT2D eigenvalue weighted by Gasteiger charge is -2.02. The zero-order chi connectivity index (χ0) is 11.8. The summed E-state index contributed by atoms with van der Waals surface area (Å²) < 4.78 is 15.5. The monoisotopic (exact) mass is 227 g/mol. The molecule has 0 radical (unpaired) electrons. The molecule has 0 aliphatic heterocycles. The fraction of sp³-hybridized carbons (Fsp3) is 0.0769. The minimum atomic E-state index is -0.289. The lowest BCUT2D eigenvalue weighted by atomic mass is 10.2. The fourth-order valence-electron chi connectivity index (χ4n) is 1.82. The van der Waals surface area contributed by atoms with Crippen LogP contribution in [0.5, 0.6) is 0 Å². The summed E-state index contributed by atoms with van der Waals surface area (Å²) in [6.07, 6.45) is 1.90. The molecule has 3 nitrogen and oxygen atoms in total. The van der Waals surface area contributed by atoms with Crippen molar-refractivity contribution in [2.24, 2.45) is 0 Å². The van der Waals surface area contributed by atoms with Crippen LogP contribution in [0.25, 0.3) is 17.0 Å². The lowest BCUT2D eigenvalue weighted by molar-refractivity contribution is 0.629. The topological polar surface area (TPSA) is 30.2 Å². The van der Waals surface area contributed by atoms with Crippen LogP contribution in [0.4, 0.5) is 4.39 Å². The average Bonchev–Trinajstić information content (AvgIpc) is 2.72. The van der Waals surface area contributed by atoms with Crippen LogP contribution in [0, 0.1) is 12.7 Å². The van der Waals surface area contributed by atoms with Crippen molar-refractivity contribution in [1.82, 2.24) is 14.6 Å². The van der Waals surface area contributed by atoms with E-state index >= 15 is 0 Å². The molecule has 84 valence electrons. The third kappa shape index (κ3) is 1.58. The molecule has 0 saturated heterocycles. The summed E-state index contributed by atoms with van der Waals surface area (Å²) in [4.78, 5) is 0. The zero-order valence-corrected chi connectivity index (χ0v) is 9.26. The predicted molar refractivity (Wildman–Crippen MR) is 63.1 cm³/mol. The van der Waals surface area contributed by atoms with Crippen LogP contribution in [0.3, 0.4) is 0 Å². The third-order valence-corrected chi connectivity index (χ3v) is 2.66. The van der Waals surface area contributed by atoms with Crippen molar-refractivity contribution in [2.75, 3.05) is 0 Å². The van der Waals surface area contributed by atoms with E-state index in [1.54, 1.807) is 22.6 Å². The van der Waals surface area contributed by atoms with Gasteiger partial charge in [-0.25, -0.2) is 4.39 Å². The second-order valence-corrected chi connectivity index (χ2v) is 3.94. The summed E-state index contributed by atoms with van der Waals surface area (Å²) in [7, 11) is 0. The smallest absolute Gasteiger partial charge is 0.171 e. The molecule has 3 rings (SSSR count). The Kier molecular flexibility index (Phi) is 2.14. The molecule has 4 heteroatoms. The van der Waals surface area contributed by atoms with E-state index in [-0.39, 0.29) is 5.82 Å². The van der Waals surface area contributed by atoms with Crippen LogP contribution < -0.4 is 0 Å². The van der Waals surface area contributed by atoms with Crippen LogP contribution in [0.2, 0.25) is 0 Å². The van der Waals surface area contributed by atoms with E-state index in [1.807, 2.05) is 25.3 Å². The van der Waals surface area contributed by atoms with E-state index in [1.165, 1.54) is 6.07 Å². The van der Waals surface area contributed by atoms with E-state index in [4.69, 9.17) is 0 Å². The van der Waals surface area contributed by atoms with E-state index < -0.39 is 0 Å². The summed E-state index contributed by atoms with van der Waals surface area (Å²) in [6, 6.07) is 10.4. The van der Waals surface area contributed by atoms with Gasteiger partial charge in [0, 0.05) is 6.20 Å². The van der Waals surface area contributed by atoms with Gasteiger partial charge in [0.15, 0.2) is 11.5 Å². The molecule has 0 spiro atoms. The van der Waals surface area contributed by atoms with Gasteiger partial charge in [-0.1, -0.05) is 18.2 Å². The van der Waals surface area contributed by atoms with Gasteiger partial charge in [-0.15, -0.1) is 10.2 Å². The number of nitrogens with zero attached hydrogens (tertiary/aromatic N) is 3. The van der Waals surface area contributed by atoms with E-state index in [9.17, 15) is 4.39 Å². The summed E-state index contributed by atoms with van der Waals surface area (Å²) in [5, 5.41) is 8.06. The summed E-state index contributed by atoms with van der Waals surface area (Å²) in [5.41, 5.74) is 2.26. The minimum Gasteiger partial charge on any atom is -0.282 e. The summed E-state index contributed by atoms with van der Waals surface area (Å²) >= 11 is 0. The van der Waals surface area contributed by atoms with E-state index in [0.29, 0.717) is 17.0 Å². The number of halogens is 1. The van der Waals surface area contributed by atoms with Crippen molar-refractivity contribution >= 4 is 5.65 Å². The molecule has 0 fully saturated rings. The number of aromatic nitrogens is 3. The Morgan fingerprint density at radius 2 is 1.88 bits per heavy atom. The Labute approximate surface area is 97.5 Å². The van der Waals surface area contributed by atoms with E-state index in [0.717, 1.165) is 5.56 Å². The first kappa shape index (κ1) is 9.96. The van der Waals surface area contributed by atoms with Crippen molar-refractivity contribution in [3.63, 3.8) is 0 Å². The number of fused-ring (bicyclic) bond motifs is 1. The number of rotatable bonds is 1. The first-order valence-electron chi connectivity index (χ1n) is 5.32. The standard InChI is InChI=1S/C13H10FN3/c1-9-6-7-12-15-16-13(17(12)8-9)10-4-2-3-5-11(10)14/h2-8H,1H3. The molecule has 0 bridgehead atoms. The highest BCUT2D eigenvalue weighted by Gasteiger charge is 2.11. The maximum atomic E-state index is 13.7. The molecule has 0 aliphatic carbocycles. The lowest BCUT2D eigenvalue weighted by Crippen LogP contribution is -1.92. The van der Waals surface area contributed by atoms with Crippen LogP contribution in [-0.4, -0.2) is 14.6 Å². The van der Waals surface area contributed by atoms with Crippen molar-refractivity contribution in [3.8, 4) is 11.4 Å².